The Labute approximate surface area is 157 Å². The number of aromatic nitrogens is 1. The second-order valence-corrected chi connectivity index (χ2v) is 6.41. The largest absolute Gasteiger partial charge is 0.309 e. The number of pyridine rings is 1. The van der Waals surface area contributed by atoms with Crippen molar-refractivity contribution in [2.24, 2.45) is 0 Å². The number of hydrogen-bond donors (Lipinski definition) is 0. The smallest absolute Gasteiger partial charge is 0.185 e. The van der Waals surface area contributed by atoms with Crippen molar-refractivity contribution in [3.05, 3.63) is 113 Å². The molecule has 27 heavy (non-hydrogen) atoms. The first-order valence-corrected chi connectivity index (χ1v) is 8.78. The lowest BCUT2D eigenvalue weighted by molar-refractivity contribution is 0.628. The topological polar surface area (TPSA) is 22.0 Å². The molecule has 0 aliphatic rings. The Morgan fingerprint density at radius 1 is 0.741 bits per heavy atom. The van der Waals surface area contributed by atoms with Crippen molar-refractivity contribution >= 4 is 0 Å². The molecule has 132 valence electrons. The fourth-order valence-electron chi connectivity index (χ4n) is 3.32. The minimum Gasteiger partial charge on any atom is -0.309 e. The van der Waals surface area contributed by atoms with Crippen LogP contribution in [0.3, 0.4) is 0 Å². The maximum Gasteiger partial charge on any atom is 0.185 e. The minimum absolute atomic E-state index is 0.0413. The van der Waals surface area contributed by atoms with E-state index in [1.165, 1.54) is 12.1 Å². The second-order valence-electron chi connectivity index (χ2n) is 6.41. The predicted molar refractivity (Wildman–Crippen MR) is 108 cm³/mol. The van der Waals surface area contributed by atoms with Gasteiger partial charge in [-0.2, -0.15) is 0 Å². The van der Waals surface area contributed by atoms with Gasteiger partial charge in [0.2, 0.25) is 0 Å². The van der Waals surface area contributed by atoms with Crippen LogP contribution in [0.15, 0.2) is 95.8 Å². The van der Waals surface area contributed by atoms with Crippen molar-refractivity contribution in [1.82, 2.24) is 4.57 Å². The predicted octanol–water partition coefficient (Wildman–Crippen LogP) is 5.62. The molecule has 2 nitrogen and oxygen atoms in total. The van der Waals surface area contributed by atoms with Crippen LogP contribution in [-0.4, -0.2) is 4.57 Å². The molecule has 1 heterocycles. The highest BCUT2D eigenvalue weighted by Gasteiger charge is 2.17. The van der Waals surface area contributed by atoms with Gasteiger partial charge in [-0.1, -0.05) is 48.5 Å². The molecule has 3 heteroatoms. The van der Waals surface area contributed by atoms with E-state index in [-0.39, 0.29) is 11.2 Å². The molecule has 3 aromatic carbocycles. The van der Waals surface area contributed by atoms with Crippen molar-refractivity contribution in [3.63, 3.8) is 0 Å². The molecule has 0 aliphatic heterocycles. The number of rotatable bonds is 3. The van der Waals surface area contributed by atoms with Crippen LogP contribution in [0.4, 0.5) is 4.39 Å². The number of para-hydroxylation sites is 1. The van der Waals surface area contributed by atoms with E-state index in [1.54, 1.807) is 18.2 Å². The standard InChI is InChI=1S/C24H18FNO/c1-17-23(27)16-22(18-12-14-20(25)15-13-18)26(21-10-6-3-7-11-21)24(17)19-8-4-2-5-9-19/h2-16H,1H3. The summed E-state index contributed by atoms with van der Waals surface area (Å²) in [6.45, 7) is 1.85. The van der Waals surface area contributed by atoms with Crippen LogP contribution in [0.25, 0.3) is 28.2 Å². The van der Waals surface area contributed by atoms with Crippen LogP contribution in [0, 0.1) is 12.7 Å². The van der Waals surface area contributed by atoms with E-state index in [9.17, 15) is 9.18 Å². The summed E-state index contributed by atoms with van der Waals surface area (Å²) in [7, 11) is 0. The van der Waals surface area contributed by atoms with Gasteiger partial charge in [-0.25, -0.2) is 4.39 Å². The van der Waals surface area contributed by atoms with Crippen molar-refractivity contribution in [2.45, 2.75) is 6.92 Å². The molecular formula is C24H18FNO. The van der Waals surface area contributed by atoms with Gasteiger partial charge < -0.3 is 4.57 Å². The zero-order valence-electron chi connectivity index (χ0n) is 14.9. The average Bonchev–Trinajstić information content (AvgIpc) is 2.71. The summed E-state index contributed by atoms with van der Waals surface area (Å²) in [4.78, 5) is 12.8. The molecule has 0 amide bonds. The van der Waals surface area contributed by atoms with Gasteiger partial charge in [-0.3, -0.25) is 4.79 Å². The third kappa shape index (κ3) is 3.20. The van der Waals surface area contributed by atoms with E-state index in [0.717, 1.165) is 28.2 Å². The van der Waals surface area contributed by atoms with Gasteiger partial charge in [0.1, 0.15) is 5.82 Å². The highest BCUT2D eigenvalue weighted by molar-refractivity contribution is 5.73. The van der Waals surface area contributed by atoms with Crippen LogP contribution in [0.2, 0.25) is 0 Å². The molecule has 0 saturated carbocycles. The maximum atomic E-state index is 13.4. The first-order valence-electron chi connectivity index (χ1n) is 8.78. The van der Waals surface area contributed by atoms with Crippen molar-refractivity contribution in [3.8, 4) is 28.2 Å². The third-order valence-corrected chi connectivity index (χ3v) is 4.66. The van der Waals surface area contributed by atoms with E-state index < -0.39 is 0 Å². The van der Waals surface area contributed by atoms with E-state index in [2.05, 4.69) is 4.57 Å². The lowest BCUT2D eigenvalue weighted by Gasteiger charge is -2.21. The summed E-state index contributed by atoms with van der Waals surface area (Å²) < 4.78 is 15.5. The van der Waals surface area contributed by atoms with E-state index in [0.29, 0.717) is 5.56 Å². The molecule has 0 spiro atoms. The number of benzene rings is 3. The Hall–Kier alpha value is -3.46. The van der Waals surface area contributed by atoms with Gasteiger partial charge in [0.25, 0.3) is 0 Å². The molecule has 0 aliphatic carbocycles. The van der Waals surface area contributed by atoms with Gasteiger partial charge >= 0.3 is 0 Å². The molecular weight excluding hydrogens is 337 g/mol. The van der Waals surface area contributed by atoms with E-state index >= 15 is 0 Å². The summed E-state index contributed by atoms with van der Waals surface area (Å²) in [5.74, 6) is -0.303. The zero-order valence-corrected chi connectivity index (χ0v) is 14.9. The zero-order chi connectivity index (χ0) is 18.8. The number of halogens is 1. The van der Waals surface area contributed by atoms with Gasteiger partial charge in [0.05, 0.1) is 11.4 Å². The maximum absolute atomic E-state index is 13.4. The summed E-state index contributed by atoms with van der Waals surface area (Å²) in [5.41, 5.74) is 4.90. The second kappa shape index (κ2) is 7.04. The van der Waals surface area contributed by atoms with Crippen LogP contribution in [-0.2, 0) is 0 Å². The molecule has 0 unspecified atom stereocenters. The van der Waals surface area contributed by atoms with Crippen LogP contribution < -0.4 is 5.43 Å². The summed E-state index contributed by atoms with van der Waals surface area (Å²) in [5, 5.41) is 0. The Morgan fingerprint density at radius 3 is 1.96 bits per heavy atom. The molecule has 1 aromatic heterocycles. The van der Waals surface area contributed by atoms with Crippen molar-refractivity contribution in [2.75, 3.05) is 0 Å². The minimum atomic E-state index is -0.303. The van der Waals surface area contributed by atoms with Crippen LogP contribution >= 0.6 is 0 Å². The quantitative estimate of drug-likeness (QED) is 0.467. The fourth-order valence-corrected chi connectivity index (χ4v) is 3.32. The average molecular weight is 355 g/mol. The Bertz CT molecular complexity index is 1130. The molecule has 0 atom stereocenters. The van der Waals surface area contributed by atoms with Gasteiger partial charge in [0, 0.05) is 17.3 Å². The molecule has 0 bridgehead atoms. The fraction of sp³-hybridized carbons (Fsp3) is 0.0417. The van der Waals surface area contributed by atoms with E-state index in [4.69, 9.17) is 0 Å². The molecule has 4 aromatic rings. The Balaban J connectivity index is 2.12. The lowest BCUT2D eigenvalue weighted by Crippen LogP contribution is -2.15. The van der Waals surface area contributed by atoms with Gasteiger partial charge in [0.15, 0.2) is 5.43 Å². The van der Waals surface area contributed by atoms with Crippen LogP contribution in [0.1, 0.15) is 5.56 Å². The molecule has 0 saturated heterocycles. The van der Waals surface area contributed by atoms with Crippen molar-refractivity contribution < 1.29 is 4.39 Å². The molecule has 0 N–H and O–H groups in total. The van der Waals surface area contributed by atoms with Crippen LogP contribution in [0.5, 0.6) is 0 Å². The third-order valence-electron chi connectivity index (χ3n) is 4.66. The highest BCUT2D eigenvalue weighted by atomic mass is 19.1. The highest BCUT2D eigenvalue weighted by Crippen LogP contribution is 2.31. The SMILES string of the molecule is Cc1c(-c2ccccc2)n(-c2ccccc2)c(-c2ccc(F)cc2)cc1=O. The van der Waals surface area contributed by atoms with Gasteiger partial charge in [-0.15, -0.1) is 0 Å². The summed E-state index contributed by atoms with van der Waals surface area (Å²) >= 11 is 0. The Kier molecular flexibility index (Phi) is 4.43. The van der Waals surface area contributed by atoms with E-state index in [1.807, 2.05) is 67.6 Å². The molecule has 0 radical (unpaired) electrons. The van der Waals surface area contributed by atoms with Gasteiger partial charge in [-0.05, 0) is 54.4 Å². The Morgan fingerprint density at radius 2 is 1.33 bits per heavy atom. The molecule has 4 rings (SSSR count). The summed E-state index contributed by atoms with van der Waals surface area (Å²) in [6.07, 6.45) is 0. The number of hydrogen-bond acceptors (Lipinski definition) is 1. The summed E-state index contributed by atoms with van der Waals surface area (Å²) in [6, 6.07) is 27.6. The lowest BCUT2D eigenvalue weighted by atomic mass is 10.0. The normalized spacial score (nSPS) is 10.7. The molecule has 0 fully saturated rings. The van der Waals surface area contributed by atoms with Crippen molar-refractivity contribution in [1.29, 1.82) is 0 Å². The number of nitrogens with zero attached hydrogens (tertiary/aromatic N) is 1. The first kappa shape index (κ1) is 17.0. The monoisotopic (exact) mass is 355 g/mol. The first-order chi connectivity index (χ1) is 13.1.